The number of rotatable bonds is 9. The van der Waals surface area contributed by atoms with Crippen LogP contribution in [0.25, 0.3) is 0 Å². The molecule has 1 aromatic carbocycles. The lowest BCUT2D eigenvalue weighted by Crippen LogP contribution is -2.24. The molecule has 0 radical (unpaired) electrons. The summed E-state index contributed by atoms with van der Waals surface area (Å²) in [5.41, 5.74) is 1.28. The highest BCUT2D eigenvalue weighted by Gasteiger charge is 2.11. The van der Waals surface area contributed by atoms with Crippen LogP contribution in [-0.4, -0.2) is 32.9 Å². The summed E-state index contributed by atoms with van der Waals surface area (Å²) < 4.78 is 10.8. The van der Waals surface area contributed by atoms with Gasteiger partial charge in [0.05, 0.1) is 6.61 Å². The SMILES string of the molecule is COCCOc1ccccc1C(C)CCNC(C)C. The smallest absolute Gasteiger partial charge is 0.122 e. The van der Waals surface area contributed by atoms with Crippen molar-refractivity contribution in [3.05, 3.63) is 29.8 Å². The van der Waals surface area contributed by atoms with Crippen molar-refractivity contribution < 1.29 is 9.47 Å². The number of benzene rings is 1. The second-order valence-electron chi connectivity index (χ2n) is 5.18. The lowest BCUT2D eigenvalue weighted by atomic mass is 9.97. The number of ether oxygens (including phenoxy) is 2. The summed E-state index contributed by atoms with van der Waals surface area (Å²) in [6, 6.07) is 8.83. The molecule has 1 unspecified atom stereocenters. The summed E-state index contributed by atoms with van der Waals surface area (Å²) in [5.74, 6) is 1.47. The van der Waals surface area contributed by atoms with E-state index in [1.54, 1.807) is 7.11 Å². The molecule has 0 aliphatic carbocycles. The number of hydrogen-bond donors (Lipinski definition) is 1. The molecule has 0 saturated carbocycles. The molecule has 0 bridgehead atoms. The van der Waals surface area contributed by atoms with Crippen molar-refractivity contribution in [1.29, 1.82) is 0 Å². The summed E-state index contributed by atoms with van der Waals surface area (Å²) in [6.45, 7) is 8.85. The third-order valence-electron chi connectivity index (χ3n) is 3.12. The third-order valence-corrected chi connectivity index (χ3v) is 3.12. The van der Waals surface area contributed by atoms with E-state index in [1.165, 1.54) is 5.56 Å². The van der Waals surface area contributed by atoms with Gasteiger partial charge >= 0.3 is 0 Å². The van der Waals surface area contributed by atoms with Crippen LogP contribution in [0.5, 0.6) is 5.75 Å². The van der Waals surface area contributed by atoms with E-state index in [4.69, 9.17) is 9.47 Å². The first-order chi connectivity index (χ1) is 9.15. The molecule has 0 saturated heterocycles. The van der Waals surface area contributed by atoms with Gasteiger partial charge in [0.25, 0.3) is 0 Å². The maximum absolute atomic E-state index is 5.78. The lowest BCUT2D eigenvalue weighted by Gasteiger charge is -2.18. The van der Waals surface area contributed by atoms with E-state index in [1.807, 2.05) is 12.1 Å². The normalized spacial score (nSPS) is 12.7. The zero-order valence-electron chi connectivity index (χ0n) is 12.6. The largest absolute Gasteiger partial charge is 0.491 e. The van der Waals surface area contributed by atoms with Crippen molar-refractivity contribution in [1.82, 2.24) is 5.32 Å². The van der Waals surface area contributed by atoms with Crippen LogP contribution < -0.4 is 10.1 Å². The fourth-order valence-electron chi connectivity index (χ4n) is 2.00. The molecule has 1 aromatic rings. The van der Waals surface area contributed by atoms with Crippen molar-refractivity contribution in [2.45, 2.75) is 39.2 Å². The van der Waals surface area contributed by atoms with Crippen molar-refractivity contribution in [2.24, 2.45) is 0 Å². The van der Waals surface area contributed by atoms with Crippen LogP contribution in [0.4, 0.5) is 0 Å². The Kier molecular flexibility index (Phi) is 7.53. The van der Waals surface area contributed by atoms with Crippen LogP contribution in [0.3, 0.4) is 0 Å². The Morgan fingerprint density at radius 3 is 2.53 bits per heavy atom. The van der Waals surface area contributed by atoms with Crippen LogP contribution in [0.1, 0.15) is 38.7 Å². The molecule has 0 spiro atoms. The average molecular weight is 265 g/mol. The van der Waals surface area contributed by atoms with Gasteiger partial charge in [-0.25, -0.2) is 0 Å². The average Bonchev–Trinajstić information content (AvgIpc) is 2.39. The Balaban J connectivity index is 2.54. The molecule has 0 heterocycles. The molecule has 0 aliphatic rings. The highest BCUT2D eigenvalue weighted by molar-refractivity contribution is 5.35. The maximum Gasteiger partial charge on any atom is 0.122 e. The monoisotopic (exact) mass is 265 g/mol. The van der Waals surface area contributed by atoms with E-state index in [2.05, 4.69) is 38.2 Å². The van der Waals surface area contributed by atoms with E-state index in [-0.39, 0.29) is 0 Å². The summed E-state index contributed by atoms with van der Waals surface area (Å²) in [7, 11) is 1.69. The van der Waals surface area contributed by atoms with Crippen molar-refractivity contribution in [3.63, 3.8) is 0 Å². The van der Waals surface area contributed by atoms with Gasteiger partial charge in [0, 0.05) is 13.2 Å². The van der Waals surface area contributed by atoms with Crippen molar-refractivity contribution >= 4 is 0 Å². The predicted molar refractivity (Wildman–Crippen MR) is 80.0 cm³/mol. The van der Waals surface area contributed by atoms with E-state index in [0.29, 0.717) is 25.2 Å². The Labute approximate surface area is 117 Å². The molecule has 19 heavy (non-hydrogen) atoms. The standard InChI is InChI=1S/C16H27NO2/c1-13(2)17-10-9-14(3)15-7-5-6-8-16(15)19-12-11-18-4/h5-8,13-14,17H,9-12H2,1-4H3. The van der Waals surface area contributed by atoms with Crippen LogP contribution in [0.15, 0.2) is 24.3 Å². The van der Waals surface area contributed by atoms with E-state index >= 15 is 0 Å². The van der Waals surface area contributed by atoms with Crippen LogP contribution >= 0.6 is 0 Å². The number of hydrogen-bond acceptors (Lipinski definition) is 3. The minimum Gasteiger partial charge on any atom is -0.491 e. The Bertz CT molecular complexity index is 352. The van der Waals surface area contributed by atoms with Crippen molar-refractivity contribution in [3.8, 4) is 5.75 Å². The summed E-state index contributed by atoms with van der Waals surface area (Å²) >= 11 is 0. The second kappa shape index (κ2) is 8.94. The number of para-hydroxylation sites is 1. The zero-order valence-corrected chi connectivity index (χ0v) is 12.6. The first-order valence-electron chi connectivity index (χ1n) is 7.09. The highest BCUT2D eigenvalue weighted by Crippen LogP contribution is 2.28. The van der Waals surface area contributed by atoms with E-state index < -0.39 is 0 Å². The topological polar surface area (TPSA) is 30.5 Å². The van der Waals surface area contributed by atoms with E-state index in [9.17, 15) is 0 Å². The zero-order chi connectivity index (χ0) is 14.1. The molecular weight excluding hydrogens is 238 g/mol. The molecule has 0 amide bonds. The Morgan fingerprint density at radius 1 is 1.11 bits per heavy atom. The van der Waals surface area contributed by atoms with Gasteiger partial charge in [-0.1, -0.05) is 39.0 Å². The molecule has 1 N–H and O–H groups in total. The van der Waals surface area contributed by atoms with Gasteiger partial charge in [-0.2, -0.15) is 0 Å². The minimum absolute atomic E-state index is 0.491. The lowest BCUT2D eigenvalue weighted by molar-refractivity contribution is 0.145. The van der Waals surface area contributed by atoms with Crippen LogP contribution in [0.2, 0.25) is 0 Å². The fraction of sp³-hybridized carbons (Fsp3) is 0.625. The van der Waals surface area contributed by atoms with Gasteiger partial charge < -0.3 is 14.8 Å². The van der Waals surface area contributed by atoms with Gasteiger partial charge in [-0.3, -0.25) is 0 Å². The molecule has 1 rings (SSSR count). The number of methoxy groups -OCH3 is 1. The van der Waals surface area contributed by atoms with Gasteiger partial charge in [0.1, 0.15) is 12.4 Å². The molecule has 0 aliphatic heterocycles. The minimum atomic E-state index is 0.491. The van der Waals surface area contributed by atoms with Crippen LogP contribution in [-0.2, 0) is 4.74 Å². The molecule has 3 heteroatoms. The quantitative estimate of drug-likeness (QED) is 0.696. The first-order valence-corrected chi connectivity index (χ1v) is 7.09. The fourth-order valence-corrected chi connectivity index (χ4v) is 2.00. The second-order valence-corrected chi connectivity index (χ2v) is 5.18. The van der Waals surface area contributed by atoms with Gasteiger partial charge in [-0.15, -0.1) is 0 Å². The van der Waals surface area contributed by atoms with E-state index in [0.717, 1.165) is 18.7 Å². The third kappa shape index (κ3) is 6.08. The van der Waals surface area contributed by atoms with Crippen molar-refractivity contribution in [2.75, 3.05) is 26.9 Å². The predicted octanol–water partition coefficient (Wildman–Crippen LogP) is 3.20. The molecule has 0 aromatic heterocycles. The summed E-state index contributed by atoms with van der Waals surface area (Å²) in [5, 5.41) is 3.46. The maximum atomic E-state index is 5.78. The summed E-state index contributed by atoms with van der Waals surface area (Å²) in [6.07, 6.45) is 1.11. The molecule has 1 atom stereocenters. The molecule has 0 fully saturated rings. The molecule has 3 nitrogen and oxygen atoms in total. The Morgan fingerprint density at radius 2 is 1.84 bits per heavy atom. The number of nitrogens with one attached hydrogen (secondary N) is 1. The van der Waals surface area contributed by atoms with Crippen LogP contribution in [0, 0.1) is 0 Å². The Hall–Kier alpha value is -1.06. The van der Waals surface area contributed by atoms with Gasteiger partial charge in [0.15, 0.2) is 0 Å². The summed E-state index contributed by atoms with van der Waals surface area (Å²) in [4.78, 5) is 0. The van der Waals surface area contributed by atoms with Gasteiger partial charge in [0.2, 0.25) is 0 Å². The highest BCUT2D eigenvalue weighted by atomic mass is 16.5. The molecular formula is C16H27NO2. The first kappa shape index (κ1) is 16.0. The van der Waals surface area contributed by atoms with Gasteiger partial charge in [-0.05, 0) is 30.5 Å². The molecule has 108 valence electrons.